The van der Waals surface area contributed by atoms with Crippen LogP contribution in [0.4, 0.5) is 0 Å². The zero-order chi connectivity index (χ0) is 13.7. The van der Waals surface area contributed by atoms with Gasteiger partial charge in [0.05, 0.1) is 6.61 Å². The van der Waals surface area contributed by atoms with Crippen LogP contribution >= 0.6 is 11.8 Å². The Morgan fingerprint density at radius 1 is 1.61 bits per heavy atom. The molecule has 0 aromatic heterocycles. The molecule has 0 saturated heterocycles. The van der Waals surface area contributed by atoms with Gasteiger partial charge in [-0.05, 0) is 13.2 Å². The Labute approximate surface area is 111 Å². The van der Waals surface area contributed by atoms with E-state index in [1.165, 1.54) is 23.8 Å². The first-order valence-electron chi connectivity index (χ1n) is 5.78. The molecule has 0 radical (unpaired) electrons. The van der Waals surface area contributed by atoms with E-state index in [9.17, 15) is 9.59 Å². The van der Waals surface area contributed by atoms with Crippen LogP contribution in [-0.4, -0.2) is 58.8 Å². The van der Waals surface area contributed by atoms with Gasteiger partial charge in [-0.3, -0.25) is 9.59 Å². The van der Waals surface area contributed by atoms with E-state index < -0.39 is 0 Å². The van der Waals surface area contributed by atoms with Crippen molar-refractivity contribution >= 4 is 29.3 Å². The second-order valence-corrected chi connectivity index (χ2v) is 5.26. The Kier molecular flexibility index (Phi) is 5.61. The third-order valence-corrected chi connectivity index (χ3v) is 4.03. The number of nitrogens with one attached hydrogen (secondary N) is 1. The molecule has 1 rings (SSSR count). The van der Waals surface area contributed by atoms with Gasteiger partial charge in [0.25, 0.3) is 5.91 Å². The van der Waals surface area contributed by atoms with E-state index in [1.807, 2.05) is 13.2 Å². The van der Waals surface area contributed by atoms with Crippen LogP contribution in [0.25, 0.3) is 0 Å². The van der Waals surface area contributed by atoms with Crippen molar-refractivity contribution in [3.05, 3.63) is 0 Å². The minimum absolute atomic E-state index is 0.00742. The van der Waals surface area contributed by atoms with E-state index in [0.717, 1.165) is 0 Å². The molecule has 6 nitrogen and oxygen atoms in total. The fourth-order valence-corrected chi connectivity index (χ4v) is 2.28. The topological polar surface area (TPSA) is 82.0 Å². The van der Waals surface area contributed by atoms with Crippen LogP contribution in [0.5, 0.6) is 0 Å². The van der Waals surface area contributed by atoms with Gasteiger partial charge in [-0.1, -0.05) is 0 Å². The largest absolute Gasteiger partial charge is 0.395 e. The number of carbonyl (C=O) groups excluding carboxylic acids is 2. The molecule has 102 valence electrons. The summed E-state index contributed by atoms with van der Waals surface area (Å²) >= 11 is 1.50. The highest BCUT2D eigenvalue weighted by molar-refractivity contribution is 7.99. The van der Waals surface area contributed by atoms with Crippen molar-refractivity contribution in [2.75, 3.05) is 19.9 Å². The summed E-state index contributed by atoms with van der Waals surface area (Å²) in [6, 6.07) is -0.150. The number of aliphatic hydroxyl groups is 1. The third kappa shape index (κ3) is 3.71. The van der Waals surface area contributed by atoms with E-state index in [1.54, 1.807) is 0 Å². The summed E-state index contributed by atoms with van der Waals surface area (Å²) in [5, 5.41) is 17.0. The molecule has 0 aromatic carbocycles. The highest BCUT2D eigenvalue weighted by Gasteiger charge is 2.24. The van der Waals surface area contributed by atoms with Crippen LogP contribution in [0.15, 0.2) is 5.10 Å². The lowest BCUT2D eigenvalue weighted by Gasteiger charge is -2.23. The molecule has 0 saturated carbocycles. The van der Waals surface area contributed by atoms with Gasteiger partial charge in [0, 0.05) is 31.2 Å². The molecule has 2 atom stereocenters. The summed E-state index contributed by atoms with van der Waals surface area (Å²) in [7, 11) is 1.54. The van der Waals surface area contributed by atoms with Crippen molar-refractivity contribution in [2.45, 2.75) is 31.1 Å². The van der Waals surface area contributed by atoms with E-state index >= 15 is 0 Å². The molecule has 0 spiro atoms. The molecule has 7 heteroatoms. The molecule has 1 heterocycles. The first kappa shape index (κ1) is 15.0. The van der Waals surface area contributed by atoms with Crippen LogP contribution in [0, 0.1) is 0 Å². The van der Waals surface area contributed by atoms with Crippen molar-refractivity contribution in [3.8, 4) is 0 Å². The zero-order valence-corrected chi connectivity index (χ0v) is 11.7. The standard InChI is InChI=1S/C11H19N3O3S/c1-7(9(6-15)18-3)12-11(17)8-4-5-10(16)14(2)13-8/h7,9,15H,4-6H2,1-3H3,(H,12,17). The van der Waals surface area contributed by atoms with Crippen LogP contribution in [-0.2, 0) is 9.59 Å². The van der Waals surface area contributed by atoms with Gasteiger partial charge in [-0.15, -0.1) is 0 Å². The predicted octanol–water partition coefficient (Wildman–Crippen LogP) is -0.177. The van der Waals surface area contributed by atoms with Crippen LogP contribution in [0.2, 0.25) is 0 Å². The van der Waals surface area contributed by atoms with E-state index in [4.69, 9.17) is 5.11 Å². The van der Waals surface area contributed by atoms with Crippen molar-refractivity contribution < 1.29 is 14.7 Å². The summed E-state index contributed by atoms with van der Waals surface area (Å²) < 4.78 is 0. The maximum Gasteiger partial charge on any atom is 0.267 e. The number of nitrogens with zero attached hydrogens (tertiary/aromatic N) is 2. The molecular formula is C11H19N3O3S. The van der Waals surface area contributed by atoms with Crippen molar-refractivity contribution in [3.63, 3.8) is 0 Å². The number of thioether (sulfide) groups is 1. The Bertz CT molecular complexity index is 355. The van der Waals surface area contributed by atoms with Crippen LogP contribution < -0.4 is 5.32 Å². The first-order chi connectivity index (χ1) is 8.49. The third-order valence-electron chi connectivity index (χ3n) is 2.87. The van der Waals surface area contributed by atoms with Crippen molar-refractivity contribution in [1.82, 2.24) is 10.3 Å². The second kappa shape index (κ2) is 6.75. The number of carbonyl (C=O) groups is 2. The monoisotopic (exact) mass is 273 g/mol. The van der Waals surface area contributed by atoms with E-state index in [2.05, 4.69) is 10.4 Å². The Morgan fingerprint density at radius 3 is 2.78 bits per heavy atom. The average Bonchev–Trinajstić information content (AvgIpc) is 2.34. The van der Waals surface area contributed by atoms with Gasteiger partial charge in [-0.25, -0.2) is 5.01 Å². The smallest absolute Gasteiger partial charge is 0.267 e. The first-order valence-corrected chi connectivity index (χ1v) is 7.07. The maximum atomic E-state index is 11.9. The number of hydrogen-bond acceptors (Lipinski definition) is 5. The highest BCUT2D eigenvalue weighted by Crippen LogP contribution is 2.11. The molecule has 1 aliphatic heterocycles. The molecule has 0 aliphatic carbocycles. The fraction of sp³-hybridized carbons (Fsp3) is 0.727. The lowest BCUT2D eigenvalue weighted by Crippen LogP contribution is -2.45. The minimum Gasteiger partial charge on any atom is -0.395 e. The quantitative estimate of drug-likeness (QED) is 0.728. The number of aliphatic hydroxyl groups excluding tert-OH is 1. The SMILES string of the molecule is CSC(CO)C(C)NC(=O)C1=NN(C)C(=O)CC1. The fourth-order valence-electron chi connectivity index (χ4n) is 1.65. The van der Waals surface area contributed by atoms with Gasteiger partial charge >= 0.3 is 0 Å². The molecule has 0 bridgehead atoms. The summed E-state index contributed by atoms with van der Waals surface area (Å²) in [4.78, 5) is 23.2. The van der Waals surface area contributed by atoms with E-state index in [0.29, 0.717) is 18.6 Å². The number of rotatable bonds is 5. The normalized spacial score (nSPS) is 19.2. The molecule has 1 aliphatic rings. The summed E-state index contributed by atoms with van der Waals surface area (Å²) in [5.74, 6) is -0.355. The Balaban J connectivity index is 2.61. The molecule has 18 heavy (non-hydrogen) atoms. The molecule has 0 fully saturated rings. The summed E-state index contributed by atoms with van der Waals surface area (Å²) in [6.07, 6.45) is 2.56. The summed E-state index contributed by atoms with van der Waals surface area (Å²) in [6.45, 7) is 1.85. The van der Waals surface area contributed by atoms with Gasteiger partial charge in [-0.2, -0.15) is 16.9 Å². The van der Waals surface area contributed by atoms with Crippen LogP contribution in [0.3, 0.4) is 0 Å². The minimum atomic E-state index is -0.269. The average molecular weight is 273 g/mol. The number of amides is 2. The number of hydrazone groups is 1. The van der Waals surface area contributed by atoms with Gasteiger partial charge < -0.3 is 10.4 Å². The second-order valence-electron chi connectivity index (χ2n) is 4.18. The number of hydrogen-bond donors (Lipinski definition) is 2. The lowest BCUT2D eigenvalue weighted by molar-refractivity contribution is -0.130. The van der Waals surface area contributed by atoms with Crippen molar-refractivity contribution in [2.24, 2.45) is 5.10 Å². The summed E-state index contributed by atoms with van der Waals surface area (Å²) in [5.41, 5.74) is 0.363. The Morgan fingerprint density at radius 2 is 2.28 bits per heavy atom. The van der Waals surface area contributed by atoms with Gasteiger partial charge in [0.15, 0.2) is 0 Å². The lowest BCUT2D eigenvalue weighted by atomic mass is 10.1. The molecular weight excluding hydrogens is 254 g/mol. The maximum absolute atomic E-state index is 11.9. The zero-order valence-electron chi connectivity index (χ0n) is 10.8. The highest BCUT2D eigenvalue weighted by atomic mass is 32.2. The molecule has 2 N–H and O–H groups in total. The van der Waals surface area contributed by atoms with E-state index in [-0.39, 0.29) is 29.7 Å². The molecule has 2 amide bonds. The molecule has 0 aromatic rings. The van der Waals surface area contributed by atoms with Gasteiger partial charge in [0.1, 0.15) is 5.71 Å². The van der Waals surface area contributed by atoms with Crippen LogP contribution in [0.1, 0.15) is 19.8 Å². The predicted molar refractivity (Wildman–Crippen MR) is 71.4 cm³/mol. The molecule has 2 unspecified atom stereocenters. The Hall–Kier alpha value is -1.08. The van der Waals surface area contributed by atoms with Gasteiger partial charge in [0.2, 0.25) is 5.91 Å². The van der Waals surface area contributed by atoms with Crippen molar-refractivity contribution in [1.29, 1.82) is 0 Å².